The van der Waals surface area contributed by atoms with Gasteiger partial charge in [-0.3, -0.25) is 16.3 Å². The van der Waals surface area contributed by atoms with E-state index >= 15 is 0 Å². The summed E-state index contributed by atoms with van der Waals surface area (Å²) in [6.45, 7) is 0. The van der Waals surface area contributed by atoms with Gasteiger partial charge in [-0.25, -0.2) is 0 Å². The largest absolute Gasteiger partial charge is 0.271 e. The first kappa shape index (κ1) is 14.4. The Balaban J connectivity index is 1.88. The molecule has 0 aliphatic carbocycles. The van der Waals surface area contributed by atoms with Crippen molar-refractivity contribution in [3.8, 4) is 0 Å². The lowest BCUT2D eigenvalue weighted by Gasteiger charge is -2.16. The highest BCUT2D eigenvalue weighted by molar-refractivity contribution is 14.1. The zero-order valence-electron chi connectivity index (χ0n) is 11.5. The molecule has 0 bridgehead atoms. The van der Waals surface area contributed by atoms with Gasteiger partial charge < -0.3 is 0 Å². The van der Waals surface area contributed by atoms with E-state index in [1.807, 2.05) is 24.3 Å². The normalized spacial score (nSPS) is 12.5. The lowest BCUT2D eigenvalue weighted by atomic mass is 10.0. The van der Waals surface area contributed by atoms with Crippen LogP contribution in [0.15, 0.2) is 60.7 Å². The highest BCUT2D eigenvalue weighted by Gasteiger charge is 2.12. The highest BCUT2D eigenvalue weighted by Crippen LogP contribution is 2.20. The van der Waals surface area contributed by atoms with Crippen LogP contribution in [0.25, 0.3) is 10.9 Å². The fourth-order valence-corrected chi connectivity index (χ4v) is 2.74. The van der Waals surface area contributed by atoms with E-state index in [1.54, 1.807) is 0 Å². The van der Waals surface area contributed by atoms with Crippen molar-refractivity contribution in [3.05, 3.63) is 75.5 Å². The van der Waals surface area contributed by atoms with Crippen LogP contribution in [0.3, 0.4) is 0 Å². The summed E-state index contributed by atoms with van der Waals surface area (Å²) in [7, 11) is 0. The molecule has 1 aromatic heterocycles. The maximum atomic E-state index is 5.74. The van der Waals surface area contributed by atoms with Crippen molar-refractivity contribution >= 4 is 33.5 Å². The van der Waals surface area contributed by atoms with Crippen LogP contribution in [0.5, 0.6) is 0 Å². The summed E-state index contributed by atoms with van der Waals surface area (Å²) >= 11 is 2.31. The van der Waals surface area contributed by atoms with Crippen molar-refractivity contribution in [2.45, 2.75) is 12.5 Å². The second-order valence-electron chi connectivity index (χ2n) is 4.98. The van der Waals surface area contributed by atoms with Gasteiger partial charge in [-0.2, -0.15) is 0 Å². The van der Waals surface area contributed by atoms with Gasteiger partial charge in [0.25, 0.3) is 0 Å². The first-order valence-corrected chi connectivity index (χ1v) is 7.90. The number of hydrazine groups is 1. The van der Waals surface area contributed by atoms with Gasteiger partial charge in [-0.05, 0) is 58.8 Å². The Labute approximate surface area is 137 Å². The Morgan fingerprint density at radius 3 is 2.52 bits per heavy atom. The predicted octanol–water partition coefficient (Wildman–Crippen LogP) is 3.59. The van der Waals surface area contributed by atoms with Gasteiger partial charge in [0.1, 0.15) is 0 Å². The standard InChI is InChI=1S/C17H16IN3/c18-14-8-5-12(6-9-14)11-17(21-19)16-10-7-13-3-1-2-4-15(13)20-16/h1-10,17,21H,11,19H2. The van der Waals surface area contributed by atoms with Gasteiger partial charge >= 0.3 is 0 Å². The van der Waals surface area contributed by atoms with E-state index in [0.29, 0.717) is 0 Å². The van der Waals surface area contributed by atoms with Crippen molar-refractivity contribution in [2.24, 2.45) is 5.84 Å². The van der Waals surface area contributed by atoms with E-state index in [9.17, 15) is 0 Å². The lowest BCUT2D eigenvalue weighted by molar-refractivity contribution is 0.540. The average molecular weight is 389 g/mol. The summed E-state index contributed by atoms with van der Waals surface area (Å²) in [4.78, 5) is 4.72. The molecule has 2 aromatic carbocycles. The van der Waals surface area contributed by atoms with Crippen LogP contribution in [0.4, 0.5) is 0 Å². The molecule has 0 aliphatic heterocycles. The molecule has 4 heteroatoms. The quantitative estimate of drug-likeness (QED) is 0.408. The fraction of sp³-hybridized carbons (Fsp3) is 0.118. The second-order valence-corrected chi connectivity index (χ2v) is 6.22. The topological polar surface area (TPSA) is 50.9 Å². The molecule has 3 rings (SSSR count). The van der Waals surface area contributed by atoms with Crippen LogP contribution < -0.4 is 11.3 Å². The molecule has 0 saturated carbocycles. The Hall–Kier alpha value is -1.50. The van der Waals surface area contributed by atoms with Gasteiger partial charge in [-0.1, -0.05) is 36.4 Å². The number of nitrogens with zero attached hydrogens (tertiary/aromatic N) is 1. The number of nitrogens with two attached hydrogens (primary N) is 1. The lowest BCUT2D eigenvalue weighted by Crippen LogP contribution is -2.30. The zero-order chi connectivity index (χ0) is 14.7. The molecule has 0 fully saturated rings. The van der Waals surface area contributed by atoms with E-state index in [1.165, 1.54) is 9.13 Å². The Morgan fingerprint density at radius 1 is 1.00 bits per heavy atom. The second kappa shape index (κ2) is 6.51. The molecule has 1 unspecified atom stereocenters. The van der Waals surface area contributed by atoms with E-state index in [2.05, 4.69) is 64.4 Å². The summed E-state index contributed by atoms with van der Waals surface area (Å²) in [6.07, 6.45) is 0.818. The Bertz CT molecular complexity index is 740. The van der Waals surface area contributed by atoms with Gasteiger partial charge in [0.15, 0.2) is 0 Å². The van der Waals surface area contributed by atoms with Gasteiger partial charge in [0.05, 0.1) is 17.3 Å². The molecule has 3 aromatic rings. The van der Waals surface area contributed by atoms with Crippen molar-refractivity contribution < 1.29 is 0 Å². The number of benzene rings is 2. The molecule has 3 nitrogen and oxygen atoms in total. The number of aromatic nitrogens is 1. The molecule has 0 saturated heterocycles. The summed E-state index contributed by atoms with van der Waals surface area (Å²) in [6, 6.07) is 20.7. The predicted molar refractivity (Wildman–Crippen MR) is 94.7 cm³/mol. The highest BCUT2D eigenvalue weighted by atomic mass is 127. The molecule has 0 spiro atoms. The van der Waals surface area contributed by atoms with Gasteiger partial charge in [0.2, 0.25) is 0 Å². The number of hydrogen-bond donors (Lipinski definition) is 2. The van der Waals surface area contributed by atoms with Crippen LogP contribution in [0.2, 0.25) is 0 Å². The van der Waals surface area contributed by atoms with Crippen molar-refractivity contribution in [1.82, 2.24) is 10.4 Å². The minimum atomic E-state index is 0.00895. The first-order chi connectivity index (χ1) is 10.3. The monoisotopic (exact) mass is 389 g/mol. The van der Waals surface area contributed by atoms with E-state index in [0.717, 1.165) is 23.0 Å². The van der Waals surface area contributed by atoms with Crippen LogP contribution in [0.1, 0.15) is 17.3 Å². The molecule has 0 radical (unpaired) electrons. The van der Waals surface area contributed by atoms with E-state index < -0.39 is 0 Å². The van der Waals surface area contributed by atoms with Crippen LogP contribution in [0, 0.1) is 3.57 Å². The number of fused-ring (bicyclic) bond motifs is 1. The summed E-state index contributed by atoms with van der Waals surface area (Å²) in [5.74, 6) is 5.74. The molecule has 106 valence electrons. The summed E-state index contributed by atoms with van der Waals surface area (Å²) in [5.41, 5.74) is 6.09. The number of para-hydroxylation sites is 1. The third-order valence-corrected chi connectivity index (χ3v) is 4.25. The number of halogens is 1. The van der Waals surface area contributed by atoms with E-state index in [4.69, 9.17) is 10.8 Å². The Morgan fingerprint density at radius 2 is 1.76 bits per heavy atom. The fourth-order valence-electron chi connectivity index (χ4n) is 2.38. The molecule has 1 heterocycles. The number of hydrogen-bond acceptors (Lipinski definition) is 3. The molecule has 0 aliphatic rings. The Kier molecular flexibility index (Phi) is 4.48. The van der Waals surface area contributed by atoms with Crippen molar-refractivity contribution in [3.63, 3.8) is 0 Å². The van der Waals surface area contributed by atoms with Crippen LogP contribution >= 0.6 is 22.6 Å². The van der Waals surface area contributed by atoms with Crippen LogP contribution in [-0.4, -0.2) is 4.98 Å². The molecule has 1 atom stereocenters. The minimum absolute atomic E-state index is 0.00895. The SMILES string of the molecule is NNC(Cc1ccc(I)cc1)c1ccc2ccccc2n1. The van der Waals surface area contributed by atoms with E-state index in [-0.39, 0.29) is 6.04 Å². The number of nitrogens with one attached hydrogen (secondary N) is 1. The maximum absolute atomic E-state index is 5.74. The number of pyridine rings is 1. The average Bonchev–Trinajstić information content (AvgIpc) is 2.54. The summed E-state index contributed by atoms with van der Waals surface area (Å²) < 4.78 is 1.23. The van der Waals surface area contributed by atoms with Crippen molar-refractivity contribution in [1.29, 1.82) is 0 Å². The minimum Gasteiger partial charge on any atom is -0.271 e. The molecular weight excluding hydrogens is 373 g/mol. The molecular formula is C17H16IN3. The molecule has 3 N–H and O–H groups in total. The first-order valence-electron chi connectivity index (χ1n) is 6.82. The van der Waals surface area contributed by atoms with Gasteiger partial charge in [0, 0.05) is 8.96 Å². The maximum Gasteiger partial charge on any atom is 0.0706 e. The zero-order valence-corrected chi connectivity index (χ0v) is 13.6. The van der Waals surface area contributed by atoms with Gasteiger partial charge in [-0.15, -0.1) is 0 Å². The number of rotatable bonds is 4. The summed E-state index contributed by atoms with van der Waals surface area (Å²) in [5, 5.41) is 1.14. The third kappa shape index (κ3) is 3.40. The van der Waals surface area contributed by atoms with Crippen LogP contribution in [-0.2, 0) is 6.42 Å². The van der Waals surface area contributed by atoms with Crippen molar-refractivity contribution in [2.75, 3.05) is 0 Å². The molecule has 21 heavy (non-hydrogen) atoms. The smallest absolute Gasteiger partial charge is 0.0706 e. The molecule has 0 amide bonds. The third-order valence-electron chi connectivity index (χ3n) is 3.53.